The van der Waals surface area contributed by atoms with Crippen molar-refractivity contribution in [3.63, 3.8) is 0 Å². The topological polar surface area (TPSA) is 103 Å². The first kappa shape index (κ1) is 19.8. The highest BCUT2D eigenvalue weighted by Gasteiger charge is 2.30. The predicted molar refractivity (Wildman–Crippen MR) is 91.9 cm³/mol. The molecule has 0 spiro atoms. The molecule has 138 valence electrons. The number of benzene rings is 1. The Morgan fingerprint density at radius 1 is 1.08 bits per heavy atom. The van der Waals surface area contributed by atoms with E-state index in [9.17, 15) is 16.8 Å². The van der Waals surface area contributed by atoms with Gasteiger partial charge in [0.05, 0.1) is 55.0 Å². The van der Waals surface area contributed by atoms with Gasteiger partial charge in [-0.05, 0) is 24.3 Å². The normalized spacial score (nSPS) is 17.5. The summed E-state index contributed by atoms with van der Waals surface area (Å²) in [6.07, 6.45) is 0.462. The van der Waals surface area contributed by atoms with E-state index < -0.39 is 20.0 Å². The van der Waals surface area contributed by atoms with E-state index in [1.807, 2.05) is 0 Å². The summed E-state index contributed by atoms with van der Waals surface area (Å²) in [5.74, 6) is 0. The van der Waals surface area contributed by atoms with Crippen molar-refractivity contribution in [2.24, 2.45) is 0 Å². The molecule has 0 radical (unpaired) electrons. The molecule has 1 N–H and O–H groups in total. The van der Waals surface area contributed by atoms with Gasteiger partial charge in [0.2, 0.25) is 20.0 Å². The van der Waals surface area contributed by atoms with Gasteiger partial charge in [-0.25, -0.2) is 21.1 Å². The summed E-state index contributed by atoms with van der Waals surface area (Å²) in [5.41, 5.74) is 0. The number of quaternary nitrogens is 1. The monoisotopic (exact) mass is 387 g/mol. The van der Waals surface area contributed by atoms with Crippen molar-refractivity contribution in [3.05, 3.63) is 24.3 Å². The van der Waals surface area contributed by atoms with Crippen LogP contribution in [0.1, 0.15) is 6.42 Å². The van der Waals surface area contributed by atoms with Gasteiger partial charge >= 0.3 is 0 Å². The third kappa shape index (κ3) is 4.37. The van der Waals surface area contributed by atoms with E-state index in [1.165, 1.54) is 47.6 Å². The zero-order chi connectivity index (χ0) is 18.7. The van der Waals surface area contributed by atoms with Gasteiger partial charge in [0.25, 0.3) is 0 Å². The van der Waals surface area contributed by atoms with Crippen LogP contribution in [0.2, 0.25) is 0 Å². The van der Waals surface area contributed by atoms with Crippen LogP contribution in [-0.4, -0.2) is 72.3 Å². The molecule has 1 aliphatic heterocycles. The third-order valence-electron chi connectivity index (χ3n) is 4.26. The predicted octanol–water partition coefficient (Wildman–Crippen LogP) is -1.26. The van der Waals surface area contributed by atoms with Gasteiger partial charge in [0.1, 0.15) is 0 Å². The van der Waals surface area contributed by atoms with Crippen LogP contribution in [0.15, 0.2) is 34.1 Å². The maximum absolute atomic E-state index is 12.7. The Hall–Kier alpha value is -1.51. The maximum Gasteiger partial charge on any atom is 0.243 e. The standard InChI is InChI=1S/C15H22N4O4S2/c1-17(2)24(20,21)14-4-6-15(7-5-14)25(22,23)19-12-10-18(11-13-19)9-3-8-16/h4-7H,3,9-13H2,1-2H3/p+1. The average molecular weight is 388 g/mol. The summed E-state index contributed by atoms with van der Waals surface area (Å²) in [7, 11) is -4.38. The first-order chi connectivity index (χ1) is 11.7. The van der Waals surface area contributed by atoms with Gasteiger partial charge in [0.15, 0.2) is 0 Å². The number of nitriles is 1. The first-order valence-electron chi connectivity index (χ1n) is 7.93. The van der Waals surface area contributed by atoms with Crippen molar-refractivity contribution in [3.8, 4) is 6.07 Å². The molecule has 1 aromatic rings. The number of piperazine rings is 1. The van der Waals surface area contributed by atoms with Crippen molar-refractivity contribution in [2.75, 3.05) is 46.8 Å². The Labute approximate surface area is 149 Å². The summed E-state index contributed by atoms with van der Waals surface area (Å²) in [4.78, 5) is 1.37. The van der Waals surface area contributed by atoms with Crippen molar-refractivity contribution < 1.29 is 21.7 Å². The van der Waals surface area contributed by atoms with E-state index in [4.69, 9.17) is 5.26 Å². The second kappa shape index (κ2) is 7.80. The number of hydrogen-bond donors (Lipinski definition) is 1. The van der Waals surface area contributed by atoms with E-state index in [-0.39, 0.29) is 9.79 Å². The molecule has 2 rings (SSSR count). The molecule has 0 bridgehead atoms. The molecule has 0 amide bonds. The molecule has 0 aliphatic carbocycles. The van der Waals surface area contributed by atoms with E-state index >= 15 is 0 Å². The fourth-order valence-electron chi connectivity index (χ4n) is 2.67. The van der Waals surface area contributed by atoms with Crippen LogP contribution in [-0.2, 0) is 20.0 Å². The molecule has 25 heavy (non-hydrogen) atoms. The lowest BCUT2D eigenvalue weighted by atomic mass is 10.3. The maximum atomic E-state index is 12.7. The molecule has 1 heterocycles. The lowest BCUT2D eigenvalue weighted by molar-refractivity contribution is -0.903. The van der Waals surface area contributed by atoms with E-state index in [2.05, 4.69) is 6.07 Å². The summed E-state index contributed by atoms with van der Waals surface area (Å²) in [5, 5.41) is 8.63. The number of sulfonamides is 2. The van der Waals surface area contributed by atoms with Gasteiger partial charge in [-0.15, -0.1) is 0 Å². The molecule has 0 saturated carbocycles. The lowest BCUT2D eigenvalue weighted by Crippen LogP contribution is -3.14. The quantitative estimate of drug-likeness (QED) is 0.656. The molecular formula is C15H23N4O4S2+. The minimum atomic E-state index is -3.64. The van der Waals surface area contributed by atoms with Crippen LogP contribution >= 0.6 is 0 Å². The van der Waals surface area contributed by atoms with Gasteiger partial charge < -0.3 is 4.90 Å². The molecule has 0 aromatic heterocycles. The number of nitrogens with zero attached hydrogens (tertiary/aromatic N) is 3. The molecule has 8 nitrogen and oxygen atoms in total. The minimum Gasteiger partial charge on any atom is -0.332 e. The van der Waals surface area contributed by atoms with E-state index in [1.54, 1.807) is 0 Å². The lowest BCUT2D eigenvalue weighted by Gasteiger charge is -2.31. The van der Waals surface area contributed by atoms with Gasteiger partial charge in [-0.1, -0.05) is 0 Å². The highest BCUT2D eigenvalue weighted by atomic mass is 32.2. The van der Waals surface area contributed by atoms with Crippen molar-refractivity contribution in [1.29, 1.82) is 5.26 Å². The molecule has 1 aliphatic rings. The van der Waals surface area contributed by atoms with Crippen molar-refractivity contribution in [2.45, 2.75) is 16.2 Å². The molecule has 10 heteroatoms. The highest BCUT2D eigenvalue weighted by Crippen LogP contribution is 2.19. The Morgan fingerprint density at radius 2 is 1.60 bits per heavy atom. The van der Waals surface area contributed by atoms with Crippen LogP contribution in [0, 0.1) is 11.3 Å². The van der Waals surface area contributed by atoms with Gasteiger partial charge in [-0.2, -0.15) is 9.57 Å². The Kier molecular flexibility index (Phi) is 6.18. The SMILES string of the molecule is CN(C)S(=O)(=O)c1ccc(S(=O)(=O)N2CC[NH+](CCC#N)CC2)cc1. The van der Waals surface area contributed by atoms with Gasteiger partial charge in [-0.3, -0.25) is 0 Å². The summed E-state index contributed by atoms with van der Waals surface area (Å²) >= 11 is 0. The van der Waals surface area contributed by atoms with Gasteiger partial charge in [0, 0.05) is 14.1 Å². The Morgan fingerprint density at radius 3 is 2.08 bits per heavy atom. The third-order valence-corrected chi connectivity index (χ3v) is 8.00. The molecular weight excluding hydrogens is 364 g/mol. The summed E-state index contributed by atoms with van der Waals surface area (Å²) in [6.45, 7) is 2.82. The fourth-order valence-corrected chi connectivity index (χ4v) is 5.01. The summed E-state index contributed by atoms with van der Waals surface area (Å²) in [6, 6.07) is 7.40. The van der Waals surface area contributed by atoms with Crippen LogP contribution in [0.5, 0.6) is 0 Å². The fraction of sp³-hybridized carbons (Fsp3) is 0.533. The van der Waals surface area contributed by atoms with Crippen LogP contribution < -0.4 is 4.90 Å². The number of rotatable bonds is 6. The second-order valence-corrected chi connectivity index (χ2v) is 10.2. The largest absolute Gasteiger partial charge is 0.332 e. The minimum absolute atomic E-state index is 0.0576. The Balaban J connectivity index is 2.12. The smallest absolute Gasteiger partial charge is 0.243 e. The zero-order valence-electron chi connectivity index (χ0n) is 14.3. The molecule has 0 unspecified atom stereocenters. The molecule has 1 saturated heterocycles. The Bertz CT molecular complexity index is 835. The second-order valence-electron chi connectivity index (χ2n) is 6.07. The summed E-state index contributed by atoms with van der Waals surface area (Å²) < 4.78 is 52.0. The van der Waals surface area contributed by atoms with E-state index in [0.29, 0.717) is 32.6 Å². The molecule has 1 aromatic carbocycles. The van der Waals surface area contributed by atoms with Crippen LogP contribution in [0.4, 0.5) is 0 Å². The van der Waals surface area contributed by atoms with Crippen LogP contribution in [0.3, 0.4) is 0 Å². The van der Waals surface area contributed by atoms with Crippen molar-refractivity contribution >= 4 is 20.0 Å². The van der Waals surface area contributed by atoms with Crippen molar-refractivity contribution in [1.82, 2.24) is 8.61 Å². The highest BCUT2D eigenvalue weighted by molar-refractivity contribution is 7.89. The number of hydrogen-bond acceptors (Lipinski definition) is 5. The average Bonchev–Trinajstić information content (AvgIpc) is 2.60. The van der Waals surface area contributed by atoms with E-state index in [0.717, 1.165) is 10.8 Å². The zero-order valence-corrected chi connectivity index (χ0v) is 16.0. The first-order valence-corrected chi connectivity index (χ1v) is 10.8. The molecule has 0 atom stereocenters. The van der Waals surface area contributed by atoms with Crippen LogP contribution in [0.25, 0.3) is 0 Å². The number of nitrogens with one attached hydrogen (secondary N) is 1. The molecule has 1 fully saturated rings.